The molecule has 0 saturated heterocycles. The minimum absolute atomic E-state index is 0.159. The molecule has 0 unspecified atom stereocenters. The first kappa shape index (κ1) is 16.6. The van der Waals surface area contributed by atoms with Crippen LogP contribution in [0.1, 0.15) is 23.6 Å². The van der Waals surface area contributed by atoms with Crippen LogP contribution in [0.5, 0.6) is 0 Å². The largest absolute Gasteiger partial charge is 0.464 e. The van der Waals surface area contributed by atoms with Crippen molar-refractivity contribution >= 4 is 16.9 Å². The summed E-state index contributed by atoms with van der Waals surface area (Å²) < 4.78 is 5.64. The number of carbonyl (C=O) groups excluding carboxylic acids is 1. The second kappa shape index (κ2) is 6.97. The highest BCUT2D eigenvalue weighted by Crippen LogP contribution is 2.26. The first-order chi connectivity index (χ1) is 10.4. The number of benzene rings is 1. The molecular weight excluding hydrogens is 276 g/mol. The lowest BCUT2D eigenvalue weighted by molar-refractivity contribution is -0.130. The molecule has 22 heavy (non-hydrogen) atoms. The summed E-state index contributed by atoms with van der Waals surface area (Å²) in [5.74, 6) is 0.159. The summed E-state index contributed by atoms with van der Waals surface area (Å²) in [5, 5.41) is 1.09. The molecule has 0 N–H and O–H groups in total. The molecule has 4 heteroatoms. The summed E-state index contributed by atoms with van der Waals surface area (Å²) in [4.78, 5) is 16.5. The van der Waals surface area contributed by atoms with E-state index in [-0.39, 0.29) is 5.91 Å². The fourth-order valence-electron chi connectivity index (χ4n) is 2.81. The molecule has 1 aromatic heterocycles. The smallest absolute Gasteiger partial charge is 0.227 e. The standard InChI is InChI=1S/C18H26N2O2/c1-6-20(8-7-19(4)5)17(21)11-15-12-22-16-10-13(2)9-14(3)18(15)16/h9-10,12H,6-8,11H2,1-5H3. The SMILES string of the molecule is CCN(CCN(C)C)C(=O)Cc1coc2cc(C)cc(C)c12. The summed E-state index contributed by atoms with van der Waals surface area (Å²) in [6, 6.07) is 4.16. The van der Waals surface area contributed by atoms with E-state index in [4.69, 9.17) is 4.42 Å². The van der Waals surface area contributed by atoms with Gasteiger partial charge >= 0.3 is 0 Å². The Labute approximate surface area is 132 Å². The van der Waals surface area contributed by atoms with Gasteiger partial charge in [0.05, 0.1) is 12.7 Å². The molecule has 0 aliphatic heterocycles. The van der Waals surface area contributed by atoms with Gasteiger partial charge in [-0.1, -0.05) is 6.07 Å². The highest BCUT2D eigenvalue weighted by Gasteiger charge is 2.17. The van der Waals surface area contributed by atoms with Gasteiger partial charge in [-0.05, 0) is 52.1 Å². The van der Waals surface area contributed by atoms with E-state index in [1.165, 1.54) is 11.1 Å². The van der Waals surface area contributed by atoms with Crippen LogP contribution >= 0.6 is 0 Å². The highest BCUT2D eigenvalue weighted by atomic mass is 16.3. The maximum atomic E-state index is 12.5. The molecule has 1 amide bonds. The number of furan rings is 1. The van der Waals surface area contributed by atoms with E-state index in [1.807, 2.05) is 32.0 Å². The van der Waals surface area contributed by atoms with Crippen molar-refractivity contribution in [3.05, 3.63) is 35.1 Å². The molecule has 1 heterocycles. The second-order valence-corrected chi connectivity index (χ2v) is 6.17. The van der Waals surface area contributed by atoms with Crippen LogP contribution in [-0.4, -0.2) is 49.4 Å². The van der Waals surface area contributed by atoms with E-state index < -0.39 is 0 Å². The Kier molecular flexibility index (Phi) is 5.24. The molecular formula is C18H26N2O2. The van der Waals surface area contributed by atoms with Gasteiger partial charge in [0.2, 0.25) is 5.91 Å². The lowest BCUT2D eigenvalue weighted by atomic mass is 10.0. The molecule has 0 spiro atoms. The zero-order valence-corrected chi connectivity index (χ0v) is 14.3. The topological polar surface area (TPSA) is 36.7 Å². The van der Waals surface area contributed by atoms with Gasteiger partial charge in [0, 0.05) is 30.6 Å². The van der Waals surface area contributed by atoms with Gasteiger partial charge in [-0.15, -0.1) is 0 Å². The molecule has 0 saturated carbocycles. The fourth-order valence-corrected chi connectivity index (χ4v) is 2.81. The van der Waals surface area contributed by atoms with Gasteiger partial charge in [0.1, 0.15) is 5.58 Å². The number of nitrogens with zero attached hydrogens (tertiary/aromatic N) is 2. The minimum atomic E-state index is 0.159. The van der Waals surface area contributed by atoms with Crippen molar-refractivity contribution in [3.8, 4) is 0 Å². The summed E-state index contributed by atoms with van der Waals surface area (Å²) in [6.45, 7) is 8.53. The van der Waals surface area contributed by atoms with Crippen LogP contribution in [0.4, 0.5) is 0 Å². The molecule has 0 aliphatic carbocycles. The van der Waals surface area contributed by atoms with Crippen LogP contribution in [0.3, 0.4) is 0 Å². The minimum Gasteiger partial charge on any atom is -0.464 e. The van der Waals surface area contributed by atoms with Crippen molar-refractivity contribution < 1.29 is 9.21 Å². The quantitative estimate of drug-likeness (QED) is 0.823. The number of rotatable bonds is 6. The molecule has 0 atom stereocenters. The number of likely N-dealkylation sites (N-methyl/N-ethyl adjacent to an activating group) is 2. The second-order valence-electron chi connectivity index (χ2n) is 6.17. The van der Waals surface area contributed by atoms with Crippen molar-refractivity contribution in [2.24, 2.45) is 0 Å². The summed E-state index contributed by atoms with van der Waals surface area (Å²) >= 11 is 0. The number of aryl methyl sites for hydroxylation is 2. The zero-order valence-electron chi connectivity index (χ0n) is 14.3. The molecule has 0 radical (unpaired) electrons. The number of hydrogen-bond donors (Lipinski definition) is 0. The third kappa shape index (κ3) is 3.69. The number of fused-ring (bicyclic) bond motifs is 1. The molecule has 120 valence electrons. The number of hydrogen-bond acceptors (Lipinski definition) is 3. The Balaban J connectivity index is 2.17. The van der Waals surface area contributed by atoms with Crippen LogP contribution in [0.15, 0.2) is 22.8 Å². The van der Waals surface area contributed by atoms with Gasteiger partial charge < -0.3 is 14.2 Å². The molecule has 1 aromatic carbocycles. The van der Waals surface area contributed by atoms with Crippen molar-refractivity contribution in [3.63, 3.8) is 0 Å². The first-order valence-electron chi connectivity index (χ1n) is 7.82. The fraction of sp³-hybridized carbons (Fsp3) is 0.500. The average Bonchev–Trinajstić information content (AvgIpc) is 2.82. The van der Waals surface area contributed by atoms with Gasteiger partial charge in [-0.3, -0.25) is 4.79 Å². The third-order valence-electron chi connectivity index (χ3n) is 3.99. The first-order valence-corrected chi connectivity index (χ1v) is 7.82. The van der Waals surface area contributed by atoms with Crippen molar-refractivity contribution in [1.82, 2.24) is 9.80 Å². The van der Waals surface area contributed by atoms with Crippen LogP contribution in [0, 0.1) is 13.8 Å². The van der Waals surface area contributed by atoms with Gasteiger partial charge in [0.25, 0.3) is 0 Å². The molecule has 2 aromatic rings. The van der Waals surface area contributed by atoms with E-state index in [0.29, 0.717) is 6.42 Å². The summed E-state index contributed by atoms with van der Waals surface area (Å²) in [6.07, 6.45) is 2.13. The maximum Gasteiger partial charge on any atom is 0.227 e. The van der Waals surface area contributed by atoms with Gasteiger partial charge in [-0.2, -0.15) is 0 Å². The molecule has 2 rings (SSSR count). The lowest BCUT2D eigenvalue weighted by Crippen LogP contribution is -2.37. The van der Waals surface area contributed by atoms with Crippen LogP contribution in [0.25, 0.3) is 11.0 Å². The van der Waals surface area contributed by atoms with E-state index in [0.717, 1.165) is 36.2 Å². The van der Waals surface area contributed by atoms with Gasteiger partial charge in [-0.25, -0.2) is 0 Å². The van der Waals surface area contributed by atoms with E-state index in [2.05, 4.69) is 24.8 Å². The predicted octanol–water partition coefficient (Wildman–Crippen LogP) is 3.00. The molecule has 0 aliphatic rings. The van der Waals surface area contributed by atoms with Crippen molar-refractivity contribution in [1.29, 1.82) is 0 Å². The van der Waals surface area contributed by atoms with Crippen LogP contribution in [-0.2, 0) is 11.2 Å². The highest BCUT2D eigenvalue weighted by molar-refractivity contribution is 5.90. The van der Waals surface area contributed by atoms with E-state index in [9.17, 15) is 4.79 Å². The van der Waals surface area contributed by atoms with Crippen molar-refractivity contribution in [2.45, 2.75) is 27.2 Å². The summed E-state index contributed by atoms with van der Waals surface area (Å²) in [7, 11) is 4.04. The van der Waals surface area contributed by atoms with Crippen molar-refractivity contribution in [2.75, 3.05) is 33.7 Å². The Morgan fingerprint density at radius 2 is 1.91 bits per heavy atom. The Morgan fingerprint density at radius 1 is 1.18 bits per heavy atom. The zero-order chi connectivity index (χ0) is 16.3. The van der Waals surface area contributed by atoms with Crippen LogP contribution in [0.2, 0.25) is 0 Å². The molecule has 0 fully saturated rings. The lowest BCUT2D eigenvalue weighted by Gasteiger charge is -2.22. The van der Waals surface area contributed by atoms with Gasteiger partial charge in [0.15, 0.2) is 0 Å². The monoisotopic (exact) mass is 302 g/mol. The van der Waals surface area contributed by atoms with E-state index in [1.54, 1.807) is 6.26 Å². The average molecular weight is 302 g/mol. The van der Waals surface area contributed by atoms with E-state index >= 15 is 0 Å². The third-order valence-corrected chi connectivity index (χ3v) is 3.99. The Hall–Kier alpha value is -1.81. The number of carbonyl (C=O) groups is 1. The maximum absolute atomic E-state index is 12.5. The predicted molar refractivity (Wildman–Crippen MR) is 90.2 cm³/mol. The normalized spacial score (nSPS) is 11.4. The Morgan fingerprint density at radius 3 is 2.55 bits per heavy atom. The molecule has 4 nitrogen and oxygen atoms in total. The summed E-state index contributed by atoms with van der Waals surface area (Å²) in [5.41, 5.74) is 4.21. The number of amides is 1. The van der Waals surface area contributed by atoms with Crippen LogP contribution < -0.4 is 0 Å². The Bertz CT molecular complexity index is 658. The molecule has 0 bridgehead atoms.